The maximum absolute atomic E-state index is 11.9. The summed E-state index contributed by atoms with van der Waals surface area (Å²) >= 11 is 0. The summed E-state index contributed by atoms with van der Waals surface area (Å²) < 4.78 is 21.8. The fraction of sp³-hybridized carbons (Fsp3) is 0.920. The predicted molar refractivity (Wildman–Crippen MR) is 130 cm³/mol. The van der Waals surface area contributed by atoms with Gasteiger partial charge in [0.05, 0.1) is 25.4 Å². The number of hydrogen-bond acceptors (Lipinski definition) is 8. The van der Waals surface area contributed by atoms with Crippen molar-refractivity contribution >= 4 is 11.9 Å². The summed E-state index contributed by atoms with van der Waals surface area (Å²) in [5.41, 5.74) is 6.06. The van der Waals surface area contributed by atoms with Gasteiger partial charge in [0.15, 0.2) is 6.29 Å². The second-order valence-electron chi connectivity index (χ2n) is 9.15. The number of rotatable bonds is 20. The molecule has 0 aromatic carbocycles. The maximum atomic E-state index is 11.9. The van der Waals surface area contributed by atoms with Gasteiger partial charge in [-0.1, -0.05) is 39.0 Å². The van der Waals surface area contributed by atoms with Crippen LogP contribution in [0, 0.1) is 0 Å². The van der Waals surface area contributed by atoms with Gasteiger partial charge in [-0.05, 0) is 32.1 Å². The molecule has 0 aromatic heterocycles. The quantitative estimate of drug-likeness (QED) is 0.176. The van der Waals surface area contributed by atoms with Gasteiger partial charge in [-0.15, -0.1) is 0 Å². The van der Waals surface area contributed by atoms with Gasteiger partial charge < -0.3 is 35.1 Å². The molecule has 1 heterocycles. The van der Waals surface area contributed by atoms with Gasteiger partial charge in [-0.2, -0.15) is 0 Å². The van der Waals surface area contributed by atoms with E-state index < -0.39 is 12.4 Å². The lowest BCUT2D eigenvalue weighted by atomic mass is 10.1. The zero-order valence-corrected chi connectivity index (χ0v) is 21.3. The van der Waals surface area contributed by atoms with Gasteiger partial charge in [0, 0.05) is 39.5 Å². The van der Waals surface area contributed by atoms with Crippen LogP contribution in [0.4, 0.5) is 0 Å². The number of nitrogens with two attached hydrogens (primary N) is 1. The van der Waals surface area contributed by atoms with Crippen LogP contribution < -0.4 is 11.1 Å². The minimum Gasteiger partial charge on any atom is -0.460 e. The average molecular weight is 489 g/mol. The SMILES string of the molecule is CCCOCC(O)CCCNC(=O)CCCCCCCCCO[C@@H]1OC[C@H](OC(C)=O)C[C@H]1N. The monoisotopic (exact) mass is 488 g/mol. The first-order valence-corrected chi connectivity index (χ1v) is 13.1. The van der Waals surface area contributed by atoms with Crippen molar-refractivity contribution in [2.75, 3.05) is 33.0 Å². The number of amides is 1. The fourth-order valence-corrected chi connectivity index (χ4v) is 3.87. The molecular formula is C25H48N2O7. The minimum absolute atomic E-state index is 0.0937. The van der Waals surface area contributed by atoms with E-state index >= 15 is 0 Å². The third kappa shape index (κ3) is 16.4. The molecular weight excluding hydrogens is 440 g/mol. The molecule has 1 saturated heterocycles. The van der Waals surface area contributed by atoms with Crippen molar-refractivity contribution in [2.45, 2.75) is 115 Å². The molecule has 0 spiro atoms. The van der Waals surface area contributed by atoms with Crippen LogP contribution in [0.15, 0.2) is 0 Å². The zero-order chi connectivity index (χ0) is 25.0. The van der Waals surface area contributed by atoms with Gasteiger partial charge >= 0.3 is 5.97 Å². The first-order valence-electron chi connectivity index (χ1n) is 13.1. The highest BCUT2D eigenvalue weighted by molar-refractivity contribution is 5.75. The molecule has 1 amide bonds. The van der Waals surface area contributed by atoms with Crippen molar-refractivity contribution in [2.24, 2.45) is 5.73 Å². The van der Waals surface area contributed by atoms with E-state index in [0.717, 1.165) is 57.8 Å². The summed E-state index contributed by atoms with van der Waals surface area (Å²) in [6.45, 7) is 6.01. The minimum atomic E-state index is -0.449. The molecule has 0 saturated carbocycles. The number of carbonyl (C=O) groups is 2. The molecule has 0 aliphatic carbocycles. The normalized spacial score (nSPS) is 21.2. The Balaban J connectivity index is 1.86. The Labute approximate surface area is 205 Å². The van der Waals surface area contributed by atoms with Gasteiger partial charge in [0.1, 0.15) is 6.10 Å². The number of aliphatic hydroxyl groups is 1. The first kappa shape index (κ1) is 30.8. The van der Waals surface area contributed by atoms with Gasteiger partial charge in [-0.25, -0.2) is 0 Å². The van der Waals surface area contributed by atoms with Crippen LogP contribution in [0.5, 0.6) is 0 Å². The Morgan fingerprint density at radius 1 is 1.09 bits per heavy atom. The number of carbonyl (C=O) groups excluding carboxylic acids is 2. The number of hydrogen-bond donors (Lipinski definition) is 3. The van der Waals surface area contributed by atoms with E-state index in [9.17, 15) is 14.7 Å². The topological polar surface area (TPSA) is 129 Å². The number of aliphatic hydroxyl groups excluding tert-OH is 1. The highest BCUT2D eigenvalue weighted by Gasteiger charge is 2.30. The van der Waals surface area contributed by atoms with E-state index in [0.29, 0.717) is 52.2 Å². The van der Waals surface area contributed by atoms with Crippen molar-refractivity contribution in [1.82, 2.24) is 5.32 Å². The standard InChI is InChI=1S/C25H48N2O7/c1-3-15-31-18-21(29)12-11-14-27-24(30)13-9-7-5-4-6-8-10-16-32-25-23(26)17-22(19-33-25)34-20(2)28/h21-23,25,29H,3-19,26H2,1-2H3,(H,27,30)/t21?,22-,23-,25-/m1/s1. The number of unbranched alkanes of at least 4 members (excludes halogenated alkanes) is 6. The number of esters is 1. The lowest BCUT2D eigenvalue weighted by Gasteiger charge is -2.33. The van der Waals surface area contributed by atoms with Crippen molar-refractivity contribution in [1.29, 1.82) is 0 Å². The van der Waals surface area contributed by atoms with Crippen LogP contribution >= 0.6 is 0 Å². The molecule has 1 unspecified atom stereocenters. The lowest BCUT2D eigenvalue weighted by Crippen LogP contribution is -2.48. The highest BCUT2D eigenvalue weighted by atomic mass is 16.7. The molecule has 200 valence electrons. The average Bonchev–Trinajstić information content (AvgIpc) is 2.79. The molecule has 1 rings (SSSR count). The molecule has 1 aliphatic rings. The number of nitrogens with one attached hydrogen (secondary N) is 1. The van der Waals surface area contributed by atoms with Crippen LogP contribution in [-0.4, -0.2) is 74.5 Å². The Kier molecular flexibility index (Phi) is 18.1. The van der Waals surface area contributed by atoms with E-state index in [2.05, 4.69) is 5.32 Å². The summed E-state index contributed by atoms with van der Waals surface area (Å²) in [6.07, 6.45) is 9.77. The molecule has 4 N–H and O–H groups in total. The van der Waals surface area contributed by atoms with Crippen molar-refractivity contribution in [3.05, 3.63) is 0 Å². The van der Waals surface area contributed by atoms with E-state index in [-0.39, 0.29) is 24.0 Å². The van der Waals surface area contributed by atoms with E-state index in [1.807, 2.05) is 6.92 Å². The second kappa shape index (κ2) is 20.0. The second-order valence-corrected chi connectivity index (χ2v) is 9.15. The van der Waals surface area contributed by atoms with Crippen LogP contribution in [0.1, 0.15) is 90.9 Å². The van der Waals surface area contributed by atoms with Gasteiger partial charge in [0.2, 0.25) is 5.91 Å². The fourth-order valence-electron chi connectivity index (χ4n) is 3.87. The molecule has 4 atom stereocenters. The van der Waals surface area contributed by atoms with Crippen molar-refractivity contribution in [3.8, 4) is 0 Å². The van der Waals surface area contributed by atoms with Crippen LogP contribution in [0.3, 0.4) is 0 Å². The van der Waals surface area contributed by atoms with E-state index in [4.69, 9.17) is 24.7 Å². The molecule has 1 fully saturated rings. The third-order valence-electron chi connectivity index (χ3n) is 5.69. The zero-order valence-electron chi connectivity index (χ0n) is 21.3. The summed E-state index contributed by atoms with van der Waals surface area (Å²) in [5, 5.41) is 12.7. The third-order valence-corrected chi connectivity index (χ3v) is 5.69. The Morgan fingerprint density at radius 2 is 1.79 bits per heavy atom. The molecule has 9 heteroatoms. The summed E-state index contributed by atoms with van der Waals surface area (Å²) in [4.78, 5) is 22.9. The van der Waals surface area contributed by atoms with E-state index in [1.54, 1.807) is 0 Å². The summed E-state index contributed by atoms with van der Waals surface area (Å²) in [6, 6.07) is -0.285. The first-order chi connectivity index (χ1) is 16.4. The maximum Gasteiger partial charge on any atom is 0.302 e. The summed E-state index contributed by atoms with van der Waals surface area (Å²) in [5.74, 6) is -0.226. The molecule has 9 nitrogen and oxygen atoms in total. The Morgan fingerprint density at radius 3 is 2.47 bits per heavy atom. The predicted octanol–water partition coefficient (Wildman–Crippen LogP) is 2.81. The molecule has 0 aromatic rings. The van der Waals surface area contributed by atoms with Crippen LogP contribution in [-0.2, 0) is 28.5 Å². The lowest BCUT2D eigenvalue weighted by molar-refractivity contribution is -0.205. The van der Waals surface area contributed by atoms with Gasteiger partial charge in [-0.3, -0.25) is 9.59 Å². The van der Waals surface area contributed by atoms with E-state index in [1.165, 1.54) is 6.92 Å². The molecule has 34 heavy (non-hydrogen) atoms. The number of ether oxygens (including phenoxy) is 4. The van der Waals surface area contributed by atoms with Gasteiger partial charge in [0.25, 0.3) is 0 Å². The Bertz CT molecular complexity index is 535. The van der Waals surface area contributed by atoms with Crippen LogP contribution in [0.25, 0.3) is 0 Å². The largest absolute Gasteiger partial charge is 0.460 e. The molecule has 0 bridgehead atoms. The highest BCUT2D eigenvalue weighted by Crippen LogP contribution is 2.17. The molecule has 1 aliphatic heterocycles. The van der Waals surface area contributed by atoms with Crippen molar-refractivity contribution in [3.63, 3.8) is 0 Å². The smallest absolute Gasteiger partial charge is 0.302 e. The Hall–Kier alpha value is -1.26. The summed E-state index contributed by atoms with van der Waals surface area (Å²) in [7, 11) is 0. The van der Waals surface area contributed by atoms with Crippen LogP contribution in [0.2, 0.25) is 0 Å². The molecule has 0 radical (unpaired) electrons. The van der Waals surface area contributed by atoms with Crippen molar-refractivity contribution < 1.29 is 33.6 Å².